The van der Waals surface area contributed by atoms with Gasteiger partial charge in [0.15, 0.2) is 14.6 Å². The van der Waals surface area contributed by atoms with Crippen LogP contribution in [0.5, 0.6) is 0 Å². The van der Waals surface area contributed by atoms with Crippen LogP contribution < -0.4 is 4.80 Å². The molecule has 0 bridgehead atoms. The molecule has 0 atom stereocenters. The summed E-state index contributed by atoms with van der Waals surface area (Å²) >= 11 is 2.93. The van der Waals surface area contributed by atoms with E-state index in [0.717, 1.165) is 22.2 Å². The van der Waals surface area contributed by atoms with E-state index in [4.69, 9.17) is 4.74 Å². The minimum atomic E-state index is -3.58. The van der Waals surface area contributed by atoms with Crippen molar-refractivity contribution in [3.63, 3.8) is 0 Å². The SMILES string of the molecule is CCOC(=O)c1ccc2c(c1)sc(=NC(=O)c1ccccc1S(C)(=O)=O)n2CCSC. The largest absolute Gasteiger partial charge is 0.462 e. The van der Waals surface area contributed by atoms with Gasteiger partial charge in [0.05, 0.1) is 32.8 Å². The molecule has 7 nitrogen and oxygen atoms in total. The molecule has 1 aromatic heterocycles. The van der Waals surface area contributed by atoms with Crippen LogP contribution in [0.3, 0.4) is 0 Å². The first-order valence-corrected chi connectivity index (χ1v) is 13.5. The number of carbonyl (C=O) groups excluding carboxylic acids is 2. The number of nitrogens with zero attached hydrogens (tertiary/aromatic N) is 2. The Bertz CT molecular complexity index is 1310. The van der Waals surface area contributed by atoms with Crippen LogP contribution in [0.1, 0.15) is 27.6 Å². The Balaban J connectivity index is 2.15. The smallest absolute Gasteiger partial charge is 0.338 e. The Morgan fingerprint density at radius 2 is 1.94 bits per heavy atom. The van der Waals surface area contributed by atoms with Crippen LogP contribution in [-0.2, 0) is 21.1 Å². The van der Waals surface area contributed by atoms with Gasteiger partial charge >= 0.3 is 5.97 Å². The van der Waals surface area contributed by atoms with Crippen molar-refractivity contribution in [3.05, 3.63) is 58.4 Å². The molecule has 0 fully saturated rings. The monoisotopic (exact) mass is 478 g/mol. The summed E-state index contributed by atoms with van der Waals surface area (Å²) < 4.78 is 31.9. The lowest BCUT2D eigenvalue weighted by molar-refractivity contribution is 0.0526. The molecule has 2 aromatic carbocycles. The van der Waals surface area contributed by atoms with Gasteiger partial charge < -0.3 is 9.30 Å². The third-order valence-electron chi connectivity index (χ3n) is 4.43. The minimum Gasteiger partial charge on any atom is -0.462 e. The highest BCUT2D eigenvalue weighted by Gasteiger charge is 2.19. The Labute approximate surface area is 188 Å². The predicted molar refractivity (Wildman–Crippen MR) is 124 cm³/mol. The van der Waals surface area contributed by atoms with Gasteiger partial charge in [-0.2, -0.15) is 16.8 Å². The maximum atomic E-state index is 12.9. The number of carbonyl (C=O) groups is 2. The summed E-state index contributed by atoms with van der Waals surface area (Å²) in [5, 5.41) is 0. The van der Waals surface area contributed by atoms with Crippen LogP contribution in [0.15, 0.2) is 52.4 Å². The van der Waals surface area contributed by atoms with E-state index in [1.54, 1.807) is 43.0 Å². The first-order chi connectivity index (χ1) is 14.8. The number of aryl methyl sites for hydroxylation is 1. The highest BCUT2D eigenvalue weighted by atomic mass is 32.2. The van der Waals surface area contributed by atoms with Crippen LogP contribution >= 0.6 is 23.1 Å². The molecule has 0 aliphatic rings. The topological polar surface area (TPSA) is 94.8 Å². The summed E-state index contributed by atoms with van der Waals surface area (Å²) in [6.07, 6.45) is 3.05. The second-order valence-corrected chi connectivity index (χ2v) is 10.6. The number of thioether (sulfide) groups is 1. The predicted octanol–water partition coefficient (Wildman–Crippen LogP) is 3.39. The van der Waals surface area contributed by atoms with Gasteiger partial charge in [0.2, 0.25) is 0 Å². The van der Waals surface area contributed by atoms with Crippen molar-refractivity contribution in [2.45, 2.75) is 18.4 Å². The lowest BCUT2D eigenvalue weighted by Gasteiger charge is -2.06. The van der Waals surface area contributed by atoms with Crippen molar-refractivity contribution in [2.24, 2.45) is 4.99 Å². The number of hydrogen-bond donors (Lipinski definition) is 0. The molecule has 31 heavy (non-hydrogen) atoms. The third kappa shape index (κ3) is 5.25. The first kappa shape index (κ1) is 23.2. The molecule has 164 valence electrons. The van der Waals surface area contributed by atoms with Gasteiger partial charge in [0, 0.05) is 18.6 Å². The van der Waals surface area contributed by atoms with E-state index in [1.807, 2.05) is 16.9 Å². The van der Waals surface area contributed by atoms with Crippen molar-refractivity contribution in [1.82, 2.24) is 4.57 Å². The fraction of sp³-hybridized carbons (Fsp3) is 0.286. The zero-order chi connectivity index (χ0) is 22.6. The van der Waals surface area contributed by atoms with Gasteiger partial charge in [-0.1, -0.05) is 23.5 Å². The maximum Gasteiger partial charge on any atom is 0.338 e. The fourth-order valence-electron chi connectivity index (χ4n) is 3.01. The molecule has 0 unspecified atom stereocenters. The molecule has 0 N–H and O–H groups in total. The average molecular weight is 479 g/mol. The van der Waals surface area contributed by atoms with Crippen molar-refractivity contribution in [3.8, 4) is 0 Å². The lowest BCUT2D eigenvalue weighted by Crippen LogP contribution is -2.19. The van der Waals surface area contributed by atoms with E-state index in [2.05, 4.69) is 4.99 Å². The van der Waals surface area contributed by atoms with Gasteiger partial charge in [0.1, 0.15) is 0 Å². The van der Waals surface area contributed by atoms with Crippen LogP contribution in [-0.4, -0.2) is 49.7 Å². The summed E-state index contributed by atoms with van der Waals surface area (Å²) in [5.41, 5.74) is 1.30. The van der Waals surface area contributed by atoms with Crippen LogP contribution in [0.2, 0.25) is 0 Å². The second-order valence-electron chi connectivity index (χ2n) is 6.62. The Morgan fingerprint density at radius 1 is 1.19 bits per heavy atom. The van der Waals surface area contributed by atoms with Gasteiger partial charge in [-0.25, -0.2) is 13.2 Å². The molecular weight excluding hydrogens is 456 g/mol. The number of esters is 1. The zero-order valence-corrected chi connectivity index (χ0v) is 19.8. The first-order valence-electron chi connectivity index (χ1n) is 9.44. The number of hydrogen-bond acceptors (Lipinski definition) is 7. The van der Waals surface area contributed by atoms with Crippen molar-refractivity contribution >= 4 is 55.0 Å². The van der Waals surface area contributed by atoms with Gasteiger partial charge in [-0.05, 0) is 43.5 Å². The Morgan fingerprint density at radius 3 is 2.61 bits per heavy atom. The molecule has 1 heterocycles. The van der Waals surface area contributed by atoms with E-state index >= 15 is 0 Å². The van der Waals surface area contributed by atoms with Gasteiger partial charge in [-0.15, -0.1) is 0 Å². The minimum absolute atomic E-state index is 0.0334. The summed E-state index contributed by atoms with van der Waals surface area (Å²) in [6, 6.07) is 11.3. The molecule has 1 amide bonds. The molecule has 0 spiro atoms. The molecule has 0 aliphatic heterocycles. The summed E-state index contributed by atoms with van der Waals surface area (Å²) in [6.45, 7) is 2.64. The molecule has 10 heteroatoms. The Kier molecular flexibility index (Phi) is 7.34. The van der Waals surface area contributed by atoms with Crippen molar-refractivity contribution < 1.29 is 22.7 Å². The molecule has 3 rings (SSSR count). The van der Waals surface area contributed by atoms with Gasteiger partial charge in [0.25, 0.3) is 5.91 Å². The number of amides is 1. The second kappa shape index (κ2) is 9.80. The molecule has 0 aliphatic carbocycles. The van der Waals surface area contributed by atoms with E-state index in [1.165, 1.54) is 23.5 Å². The molecular formula is C21H22N2O5S3. The maximum absolute atomic E-state index is 12.9. The zero-order valence-electron chi connectivity index (χ0n) is 17.3. The van der Waals surface area contributed by atoms with Crippen LogP contribution in [0.4, 0.5) is 0 Å². The highest BCUT2D eigenvalue weighted by Crippen LogP contribution is 2.21. The molecule has 3 aromatic rings. The number of ether oxygens (including phenoxy) is 1. The number of benzene rings is 2. The quantitative estimate of drug-likeness (QED) is 0.483. The van der Waals surface area contributed by atoms with Crippen molar-refractivity contribution in [1.29, 1.82) is 0 Å². The molecule has 0 saturated carbocycles. The number of aromatic nitrogens is 1. The fourth-order valence-corrected chi connectivity index (χ4v) is 5.35. The van der Waals surface area contributed by atoms with Crippen molar-refractivity contribution in [2.75, 3.05) is 24.9 Å². The van der Waals surface area contributed by atoms with Gasteiger partial charge in [-0.3, -0.25) is 4.79 Å². The number of sulfone groups is 1. The number of fused-ring (bicyclic) bond motifs is 1. The number of thiazole rings is 1. The van der Waals surface area contributed by atoms with E-state index in [0.29, 0.717) is 16.9 Å². The van der Waals surface area contributed by atoms with E-state index < -0.39 is 21.7 Å². The summed E-state index contributed by atoms with van der Waals surface area (Å²) in [5.74, 6) is -0.242. The highest BCUT2D eigenvalue weighted by molar-refractivity contribution is 7.98. The number of rotatable bonds is 7. The third-order valence-corrected chi connectivity index (χ3v) is 7.21. The Hall–Kier alpha value is -2.43. The average Bonchev–Trinajstić information content (AvgIpc) is 3.07. The van der Waals surface area contributed by atoms with E-state index in [-0.39, 0.29) is 17.1 Å². The van der Waals surface area contributed by atoms with Crippen LogP contribution in [0.25, 0.3) is 10.2 Å². The normalized spacial score (nSPS) is 12.3. The van der Waals surface area contributed by atoms with Crippen LogP contribution in [0, 0.1) is 0 Å². The lowest BCUT2D eigenvalue weighted by atomic mass is 10.2. The molecule has 0 radical (unpaired) electrons. The summed E-state index contributed by atoms with van der Waals surface area (Å²) in [4.78, 5) is 29.7. The standard InChI is InChI=1S/C21H22N2O5S3/c1-4-28-20(25)14-9-10-16-17(13-14)30-21(23(16)11-12-29-2)22-19(24)15-7-5-6-8-18(15)31(3,26)27/h5-10,13H,4,11-12H2,1-3H3. The summed E-state index contributed by atoms with van der Waals surface area (Å²) in [7, 11) is -3.58. The molecule has 0 saturated heterocycles. The van der Waals surface area contributed by atoms with E-state index in [9.17, 15) is 18.0 Å².